The van der Waals surface area contributed by atoms with Gasteiger partial charge < -0.3 is 25.7 Å². The fourth-order valence-corrected chi connectivity index (χ4v) is 3.37. The third-order valence-corrected chi connectivity index (χ3v) is 4.64. The van der Waals surface area contributed by atoms with Crippen LogP contribution in [-0.4, -0.2) is 68.5 Å². The Kier molecular flexibility index (Phi) is 6.04. The summed E-state index contributed by atoms with van der Waals surface area (Å²) in [7, 11) is 3.90. The zero-order chi connectivity index (χ0) is 19.4. The molecule has 1 fully saturated rings. The average Bonchev–Trinajstić information content (AvgIpc) is 3.15. The predicted octanol–water partition coefficient (Wildman–Crippen LogP) is 0.272. The molecule has 1 aliphatic rings. The molecule has 0 spiro atoms. The van der Waals surface area contributed by atoms with Gasteiger partial charge in [0, 0.05) is 30.9 Å². The van der Waals surface area contributed by atoms with Gasteiger partial charge in [-0.15, -0.1) is 5.10 Å². The SMILES string of the molecule is CN(C)Cc1cn(CC2CC(NC(=O)Nc3ccccc3)C(O)C2O)nn1. The summed E-state index contributed by atoms with van der Waals surface area (Å²) < 4.78 is 1.67. The molecule has 1 heterocycles. The van der Waals surface area contributed by atoms with E-state index in [1.165, 1.54) is 0 Å². The van der Waals surface area contributed by atoms with Crippen molar-refractivity contribution < 1.29 is 15.0 Å². The summed E-state index contributed by atoms with van der Waals surface area (Å²) in [5, 5.41) is 34.3. The van der Waals surface area contributed by atoms with E-state index in [-0.39, 0.29) is 5.92 Å². The number of hydrogen-bond acceptors (Lipinski definition) is 6. The van der Waals surface area contributed by atoms with E-state index in [9.17, 15) is 15.0 Å². The van der Waals surface area contributed by atoms with E-state index in [4.69, 9.17) is 0 Å². The van der Waals surface area contributed by atoms with Gasteiger partial charge in [0.05, 0.1) is 17.8 Å². The van der Waals surface area contributed by atoms with Crippen molar-refractivity contribution in [3.63, 3.8) is 0 Å². The van der Waals surface area contributed by atoms with Gasteiger partial charge in [-0.1, -0.05) is 23.4 Å². The number of aliphatic hydroxyl groups is 2. The van der Waals surface area contributed by atoms with E-state index >= 15 is 0 Å². The molecular formula is C18H26N6O3. The Morgan fingerprint density at radius 1 is 1.26 bits per heavy atom. The summed E-state index contributed by atoms with van der Waals surface area (Å²) in [4.78, 5) is 14.1. The highest BCUT2D eigenvalue weighted by Gasteiger charge is 2.42. The van der Waals surface area contributed by atoms with Crippen LogP contribution < -0.4 is 10.6 Å². The van der Waals surface area contributed by atoms with E-state index in [2.05, 4.69) is 20.9 Å². The minimum Gasteiger partial charge on any atom is -0.390 e. The minimum atomic E-state index is -1.03. The molecule has 4 atom stereocenters. The molecule has 0 radical (unpaired) electrons. The van der Waals surface area contributed by atoms with Crippen LogP contribution in [0.3, 0.4) is 0 Å². The van der Waals surface area contributed by atoms with Crippen LogP contribution in [0.25, 0.3) is 0 Å². The Hall–Kier alpha value is -2.49. The fraction of sp³-hybridized carbons (Fsp3) is 0.500. The number of carbonyl (C=O) groups excluding carboxylic acids is 1. The molecule has 2 amide bonds. The highest BCUT2D eigenvalue weighted by atomic mass is 16.3. The first kappa shape index (κ1) is 19.3. The zero-order valence-corrected chi connectivity index (χ0v) is 15.5. The number of aliphatic hydroxyl groups excluding tert-OH is 2. The lowest BCUT2D eigenvalue weighted by Crippen LogP contribution is -2.44. The second-order valence-electron chi connectivity index (χ2n) is 7.22. The molecule has 4 N–H and O–H groups in total. The molecule has 4 unspecified atom stereocenters. The Balaban J connectivity index is 1.55. The topological polar surface area (TPSA) is 116 Å². The second-order valence-corrected chi connectivity index (χ2v) is 7.22. The molecular weight excluding hydrogens is 348 g/mol. The van der Waals surface area contributed by atoms with Crippen LogP contribution in [0.2, 0.25) is 0 Å². The molecule has 146 valence electrons. The van der Waals surface area contributed by atoms with Crippen LogP contribution in [0.15, 0.2) is 36.5 Å². The monoisotopic (exact) mass is 374 g/mol. The van der Waals surface area contributed by atoms with Gasteiger partial charge in [0.2, 0.25) is 0 Å². The van der Waals surface area contributed by atoms with Crippen molar-refractivity contribution in [1.29, 1.82) is 0 Å². The predicted molar refractivity (Wildman–Crippen MR) is 99.9 cm³/mol. The number of hydrogen-bond donors (Lipinski definition) is 4. The number of para-hydroxylation sites is 1. The molecule has 9 heteroatoms. The number of nitrogens with one attached hydrogen (secondary N) is 2. The van der Waals surface area contributed by atoms with Crippen LogP contribution in [0, 0.1) is 5.92 Å². The maximum Gasteiger partial charge on any atom is 0.319 e. The second kappa shape index (κ2) is 8.47. The number of anilines is 1. The highest BCUT2D eigenvalue weighted by Crippen LogP contribution is 2.28. The van der Waals surface area contributed by atoms with Crippen molar-refractivity contribution in [2.45, 2.75) is 37.8 Å². The summed E-state index contributed by atoms with van der Waals surface area (Å²) in [5.41, 5.74) is 1.50. The molecule has 9 nitrogen and oxygen atoms in total. The van der Waals surface area contributed by atoms with Crippen LogP contribution >= 0.6 is 0 Å². The molecule has 2 aromatic rings. The Morgan fingerprint density at radius 3 is 2.70 bits per heavy atom. The quantitative estimate of drug-likeness (QED) is 0.577. The summed E-state index contributed by atoms with van der Waals surface area (Å²) in [6.07, 6.45) is 0.324. The van der Waals surface area contributed by atoms with Crippen LogP contribution in [0.4, 0.5) is 10.5 Å². The summed E-state index contributed by atoms with van der Waals surface area (Å²) in [5.74, 6) is -0.226. The minimum absolute atomic E-state index is 0.226. The zero-order valence-electron chi connectivity index (χ0n) is 15.5. The van der Waals surface area contributed by atoms with E-state index in [1.807, 2.05) is 43.4 Å². The van der Waals surface area contributed by atoms with E-state index in [1.54, 1.807) is 16.8 Å². The number of carbonyl (C=O) groups is 1. The number of rotatable bonds is 6. The van der Waals surface area contributed by atoms with Gasteiger partial charge in [0.25, 0.3) is 0 Å². The average molecular weight is 374 g/mol. The number of urea groups is 1. The summed E-state index contributed by atoms with van der Waals surface area (Å²) >= 11 is 0. The lowest BCUT2D eigenvalue weighted by atomic mass is 10.1. The van der Waals surface area contributed by atoms with E-state index in [0.29, 0.717) is 25.2 Å². The highest BCUT2D eigenvalue weighted by molar-refractivity contribution is 5.89. The van der Waals surface area contributed by atoms with E-state index in [0.717, 1.165) is 5.69 Å². The Labute approximate surface area is 158 Å². The largest absolute Gasteiger partial charge is 0.390 e. The maximum atomic E-state index is 12.1. The van der Waals surface area contributed by atoms with Gasteiger partial charge >= 0.3 is 6.03 Å². The standard InChI is InChI=1S/C18H26N6O3/c1-23(2)10-14-11-24(22-21-14)9-12-8-15(17(26)16(12)25)20-18(27)19-13-6-4-3-5-7-13/h3-7,11-12,15-17,25-26H,8-10H2,1-2H3,(H2,19,20,27). The molecule has 0 bridgehead atoms. The molecule has 0 aliphatic heterocycles. The summed E-state index contributed by atoms with van der Waals surface area (Å²) in [6.45, 7) is 1.11. The molecule has 27 heavy (non-hydrogen) atoms. The van der Waals surface area contributed by atoms with Gasteiger partial charge in [0.15, 0.2) is 0 Å². The lowest BCUT2D eigenvalue weighted by Gasteiger charge is -2.18. The van der Waals surface area contributed by atoms with Crippen LogP contribution in [0.5, 0.6) is 0 Å². The molecule has 1 saturated carbocycles. The van der Waals surface area contributed by atoms with Crippen molar-refractivity contribution in [3.8, 4) is 0 Å². The number of amides is 2. The van der Waals surface area contributed by atoms with E-state index < -0.39 is 24.3 Å². The summed E-state index contributed by atoms with van der Waals surface area (Å²) in [6, 6.07) is 8.12. The smallest absolute Gasteiger partial charge is 0.319 e. The normalized spacial score (nSPS) is 24.9. The van der Waals surface area contributed by atoms with Crippen molar-refractivity contribution in [1.82, 2.24) is 25.2 Å². The molecule has 1 aliphatic carbocycles. The first-order chi connectivity index (χ1) is 12.9. The third kappa shape index (κ3) is 5.03. The molecule has 1 aromatic heterocycles. The first-order valence-electron chi connectivity index (χ1n) is 8.95. The van der Waals surface area contributed by atoms with Crippen LogP contribution in [0.1, 0.15) is 12.1 Å². The van der Waals surface area contributed by atoms with Crippen molar-refractivity contribution in [2.75, 3.05) is 19.4 Å². The maximum absolute atomic E-state index is 12.1. The number of aromatic nitrogens is 3. The van der Waals surface area contributed by atoms with Crippen molar-refractivity contribution >= 4 is 11.7 Å². The van der Waals surface area contributed by atoms with Gasteiger partial charge in [-0.2, -0.15) is 0 Å². The van der Waals surface area contributed by atoms with Crippen molar-refractivity contribution in [3.05, 3.63) is 42.2 Å². The van der Waals surface area contributed by atoms with Crippen molar-refractivity contribution in [2.24, 2.45) is 5.92 Å². The Bertz CT molecular complexity index is 751. The van der Waals surface area contributed by atoms with Crippen LogP contribution in [-0.2, 0) is 13.1 Å². The number of benzene rings is 1. The molecule has 1 aromatic carbocycles. The van der Waals surface area contributed by atoms with Gasteiger partial charge in [-0.3, -0.25) is 4.68 Å². The first-order valence-corrected chi connectivity index (χ1v) is 8.95. The van der Waals surface area contributed by atoms with Gasteiger partial charge in [-0.05, 0) is 32.6 Å². The fourth-order valence-electron chi connectivity index (χ4n) is 3.37. The van der Waals surface area contributed by atoms with Gasteiger partial charge in [0.1, 0.15) is 6.10 Å². The lowest BCUT2D eigenvalue weighted by molar-refractivity contribution is 0.00878. The molecule has 3 rings (SSSR count). The Morgan fingerprint density at radius 2 is 2.00 bits per heavy atom. The van der Waals surface area contributed by atoms with Gasteiger partial charge in [-0.25, -0.2) is 4.79 Å². The third-order valence-electron chi connectivity index (χ3n) is 4.64. The number of nitrogens with zero attached hydrogens (tertiary/aromatic N) is 4. The molecule has 0 saturated heterocycles.